The molecular formula is C20H29N5O. The van der Waals surface area contributed by atoms with E-state index in [9.17, 15) is 0 Å². The number of furan rings is 1. The molecule has 3 heterocycles. The molecule has 2 aromatic heterocycles. The molecule has 26 heavy (non-hydrogen) atoms. The number of hydrogen-bond acceptors (Lipinski definition) is 4. The van der Waals surface area contributed by atoms with Crippen molar-refractivity contribution >= 4 is 5.96 Å². The van der Waals surface area contributed by atoms with Crippen LogP contribution in [0.4, 0.5) is 0 Å². The minimum absolute atomic E-state index is 0.223. The van der Waals surface area contributed by atoms with E-state index < -0.39 is 0 Å². The van der Waals surface area contributed by atoms with Gasteiger partial charge < -0.3 is 15.1 Å². The zero-order chi connectivity index (χ0) is 18.2. The molecule has 1 unspecified atom stereocenters. The SMILES string of the molecule is CN=C(NCc1ncccc1C)NCC(c1ccco1)N1CCCCC1. The first-order valence-corrected chi connectivity index (χ1v) is 9.40. The minimum atomic E-state index is 0.223. The van der Waals surface area contributed by atoms with E-state index >= 15 is 0 Å². The fourth-order valence-corrected chi connectivity index (χ4v) is 3.41. The van der Waals surface area contributed by atoms with E-state index in [2.05, 4.69) is 44.6 Å². The van der Waals surface area contributed by atoms with Crippen molar-refractivity contribution in [2.75, 3.05) is 26.7 Å². The Morgan fingerprint density at radius 3 is 2.77 bits per heavy atom. The molecule has 6 nitrogen and oxygen atoms in total. The van der Waals surface area contributed by atoms with Gasteiger partial charge in [0.2, 0.25) is 0 Å². The number of guanidine groups is 1. The van der Waals surface area contributed by atoms with Gasteiger partial charge in [-0.05, 0) is 56.6 Å². The van der Waals surface area contributed by atoms with Crippen molar-refractivity contribution in [2.24, 2.45) is 4.99 Å². The number of rotatable bonds is 6. The molecule has 2 N–H and O–H groups in total. The number of piperidine rings is 1. The molecule has 0 bridgehead atoms. The summed E-state index contributed by atoms with van der Waals surface area (Å²) >= 11 is 0. The van der Waals surface area contributed by atoms with Crippen LogP contribution in [0.1, 0.15) is 42.3 Å². The van der Waals surface area contributed by atoms with Crippen molar-refractivity contribution in [3.8, 4) is 0 Å². The van der Waals surface area contributed by atoms with Crippen LogP contribution in [0.15, 0.2) is 46.1 Å². The quantitative estimate of drug-likeness (QED) is 0.616. The molecular weight excluding hydrogens is 326 g/mol. The van der Waals surface area contributed by atoms with E-state index in [4.69, 9.17) is 4.42 Å². The van der Waals surface area contributed by atoms with Crippen LogP contribution in [0.2, 0.25) is 0 Å². The minimum Gasteiger partial charge on any atom is -0.468 e. The van der Waals surface area contributed by atoms with Gasteiger partial charge in [-0.1, -0.05) is 12.5 Å². The van der Waals surface area contributed by atoms with Crippen molar-refractivity contribution < 1.29 is 4.42 Å². The van der Waals surface area contributed by atoms with Crippen LogP contribution >= 0.6 is 0 Å². The van der Waals surface area contributed by atoms with Gasteiger partial charge in [-0.25, -0.2) is 0 Å². The van der Waals surface area contributed by atoms with E-state index in [0.29, 0.717) is 6.54 Å². The summed E-state index contributed by atoms with van der Waals surface area (Å²) in [4.78, 5) is 11.3. The van der Waals surface area contributed by atoms with Gasteiger partial charge in [0.1, 0.15) is 5.76 Å². The normalized spacial score (nSPS) is 17.1. The highest BCUT2D eigenvalue weighted by atomic mass is 16.3. The third kappa shape index (κ3) is 4.85. The fraction of sp³-hybridized carbons (Fsp3) is 0.500. The van der Waals surface area contributed by atoms with E-state index in [1.165, 1.54) is 24.8 Å². The molecule has 0 radical (unpaired) electrons. The average molecular weight is 355 g/mol. The second kappa shape index (κ2) is 9.38. The van der Waals surface area contributed by atoms with Crippen molar-refractivity contribution in [3.05, 3.63) is 53.7 Å². The monoisotopic (exact) mass is 355 g/mol. The molecule has 0 aliphatic carbocycles. The van der Waals surface area contributed by atoms with Crippen molar-refractivity contribution in [1.29, 1.82) is 0 Å². The molecule has 140 valence electrons. The first-order chi connectivity index (χ1) is 12.8. The Bertz CT molecular complexity index is 692. The molecule has 0 amide bonds. The number of aryl methyl sites for hydroxylation is 1. The van der Waals surface area contributed by atoms with Crippen LogP contribution in [0.3, 0.4) is 0 Å². The van der Waals surface area contributed by atoms with E-state index in [1.807, 2.05) is 18.3 Å². The van der Waals surface area contributed by atoms with Crippen LogP contribution < -0.4 is 10.6 Å². The zero-order valence-electron chi connectivity index (χ0n) is 15.7. The van der Waals surface area contributed by atoms with Gasteiger partial charge in [-0.2, -0.15) is 0 Å². The van der Waals surface area contributed by atoms with Crippen LogP contribution in [0.5, 0.6) is 0 Å². The zero-order valence-corrected chi connectivity index (χ0v) is 15.7. The largest absolute Gasteiger partial charge is 0.468 e. The van der Waals surface area contributed by atoms with Gasteiger partial charge in [0.25, 0.3) is 0 Å². The lowest BCUT2D eigenvalue weighted by Gasteiger charge is -2.33. The Labute approximate surface area is 155 Å². The molecule has 1 saturated heterocycles. The van der Waals surface area contributed by atoms with Gasteiger partial charge >= 0.3 is 0 Å². The smallest absolute Gasteiger partial charge is 0.191 e. The Balaban J connectivity index is 1.59. The van der Waals surface area contributed by atoms with Crippen LogP contribution in [-0.4, -0.2) is 42.5 Å². The Hall–Kier alpha value is -2.34. The van der Waals surface area contributed by atoms with Gasteiger partial charge in [0.05, 0.1) is 24.5 Å². The molecule has 1 atom stereocenters. The number of aliphatic imine (C=N–C) groups is 1. The maximum Gasteiger partial charge on any atom is 0.191 e. The van der Waals surface area contributed by atoms with Crippen molar-refractivity contribution in [2.45, 2.75) is 38.8 Å². The first-order valence-electron chi connectivity index (χ1n) is 9.40. The summed E-state index contributed by atoms with van der Waals surface area (Å²) in [6.07, 6.45) is 7.40. The lowest BCUT2D eigenvalue weighted by Crippen LogP contribution is -2.44. The third-order valence-electron chi connectivity index (χ3n) is 4.93. The number of hydrogen-bond donors (Lipinski definition) is 2. The molecule has 0 aromatic carbocycles. The van der Waals surface area contributed by atoms with Gasteiger partial charge in [0, 0.05) is 19.8 Å². The Morgan fingerprint density at radius 2 is 2.08 bits per heavy atom. The summed E-state index contributed by atoms with van der Waals surface area (Å²) in [5.41, 5.74) is 2.21. The molecule has 2 aromatic rings. The van der Waals surface area contributed by atoms with Crippen LogP contribution in [0.25, 0.3) is 0 Å². The number of aromatic nitrogens is 1. The molecule has 1 aliphatic rings. The Morgan fingerprint density at radius 1 is 1.23 bits per heavy atom. The highest BCUT2D eigenvalue weighted by Gasteiger charge is 2.24. The molecule has 1 fully saturated rings. The number of pyridine rings is 1. The summed E-state index contributed by atoms with van der Waals surface area (Å²) in [7, 11) is 1.80. The maximum atomic E-state index is 5.71. The van der Waals surface area contributed by atoms with Crippen LogP contribution in [-0.2, 0) is 6.54 Å². The summed E-state index contributed by atoms with van der Waals surface area (Å²) in [6.45, 7) is 5.72. The summed E-state index contributed by atoms with van der Waals surface area (Å²) in [5.74, 6) is 1.79. The lowest BCUT2D eigenvalue weighted by atomic mass is 10.1. The maximum absolute atomic E-state index is 5.71. The first kappa shape index (κ1) is 18.5. The predicted octanol–water partition coefficient (Wildman–Crippen LogP) is 2.88. The summed E-state index contributed by atoms with van der Waals surface area (Å²) < 4.78 is 5.71. The number of likely N-dealkylation sites (tertiary alicyclic amines) is 1. The number of nitrogens with zero attached hydrogens (tertiary/aromatic N) is 3. The third-order valence-corrected chi connectivity index (χ3v) is 4.93. The Kier molecular flexibility index (Phi) is 6.66. The van der Waals surface area contributed by atoms with Gasteiger partial charge in [0.15, 0.2) is 5.96 Å². The second-order valence-electron chi connectivity index (χ2n) is 6.70. The van der Waals surface area contributed by atoms with Crippen LogP contribution in [0, 0.1) is 6.92 Å². The summed E-state index contributed by atoms with van der Waals surface area (Å²) in [6, 6.07) is 8.28. The average Bonchev–Trinajstić information content (AvgIpc) is 3.21. The summed E-state index contributed by atoms with van der Waals surface area (Å²) in [5, 5.41) is 6.81. The van der Waals surface area contributed by atoms with Gasteiger partial charge in [-0.15, -0.1) is 0 Å². The standard InChI is InChI=1S/C20H29N5O/c1-16-8-6-10-22-17(16)14-23-20(21-2)24-15-18(19-9-7-13-26-19)25-11-4-3-5-12-25/h6-10,13,18H,3-5,11-12,14-15H2,1-2H3,(H2,21,23,24). The van der Waals surface area contributed by atoms with E-state index in [1.54, 1.807) is 13.3 Å². The topological polar surface area (TPSA) is 65.7 Å². The second-order valence-corrected chi connectivity index (χ2v) is 6.70. The molecule has 0 saturated carbocycles. The predicted molar refractivity (Wildman–Crippen MR) is 104 cm³/mol. The molecule has 6 heteroatoms. The van der Waals surface area contributed by atoms with Crippen molar-refractivity contribution in [1.82, 2.24) is 20.5 Å². The molecule has 3 rings (SSSR count). The van der Waals surface area contributed by atoms with E-state index in [0.717, 1.165) is 37.0 Å². The molecule has 1 aliphatic heterocycles. The molecule has 0 spiro atoms. The fourth-order valence-electron chi connectivity index (χ4n) is 3.41. The highest BCUT2D eigenvalue weighted by Crippen LogP contribution is 2.24. The lowest BCUT2D eigenvalue weighted by molar-refractivity contribution is 0.146. The highest BCUT2D eigenvalue weighted by molar-refractivity contribution is 5.79. The van der Waals surface area contributed by atoms with E-state index in [-0.39, 0.29) is 6.04 Å². The van der Waals surface area contributed by atoms with Crippen molar-refractivity contribution in [3.63, 3.8) is 0 Å². The van der Waals surface area contributed by atoms with Gasteiger partial charge in [-0.3, -0.25) is 14.9 Å². The number of nitrogens with one attached hydrogen (secondary N) is 2.